The quantitative estimate of drug-likeness (QED) is 0.745. The fraction of sp³-hybridized carbons (Fsp3) is 0.917. The van der Waals surface area contributed by atoms with Gasteiger partial charge in [-0.2, -0.15) is 0 Å². The third kappa shape index (κ3) is 2.55. The van der Waals surface area contributed by atoms with E-state index in [1.807, 2.05) is 6.92 Å². The van der Waals surface area contributed by atoms with Gasteiger partial charge in [0.05, 0.1) is 5.54 Å². The number of rotatable bonds is 4. The van der Waals surface area contributed by atoms with Gasteiger partial charge in [0.1, 0.15) is 6.10 Å². The van der Waals surface area contributed by atoms with Crippen molar-refractivity contribution in [1.82, 2.24) is 5.32 Å². The van der Waals surface area contributed by atoms with E-state index in [0.717, 1.165) is 19.3 Å². The van der Waals surface area contributed by atoms with Crippen molar-refractivity contribution in [2.75, 3.05) is 13.2 Å². The van der Waals surface area contributed by atoms with Gasteiger partial charge in [0, 0.05) is 13.2 Å². The molecule has 2 unspecified atom stereocenters. The molecular formula is C12H22N2O2. The van der Waals surface area contributed by atoms with Crippen molar-refractivity contribution in [3.8, 4) is 0 Å². The molecule has 1 amide bonds. The van der Waals surface area contributed by atoms with Gasteiger partial charge in [-0.25, -0.2) is 0 Å². The molecule has 92 valence electrons. The Hall–Kier alpha value is -0.610. The number of nitrogens with two attached hydrogens (primary N) is 1. The first kappa shape index (κ1) is 11.9. The molecule has 3 N–H and O–H groups in total. The molecule has 1 heterocycles. The van der Waals surface area contributed by atoms with Crippen LogP contribution in [0.25, 0.3) is 0 Å². The van der Waals surface area contributed by atoms with E-state index >= 15 is 0 Å². The topological polar surface area (TPSA) is 64.3 Å². The average Bonchev–Trinajstić information content (AvgIpc) is 3.14. The van der Waals surface area contributed by atoms with Gasteiger partial charge in [0.25, 0.3) is 0 Å². The Kier molecular flexibility index (Phi) is 3.50. The number of hydrogen-bond acceptors (Lipinski definition) is 3. The molecule has 1 aliphatic heterocycles. The Morgan fingerprint density at radius 2 is 2.19 bits per heavy atom. The summed E-state index contributed by atoms with van der Waals surface area (Å²) in [6.07, 6.45) is 5.11. The molecule has 1 saturated heterocycles. The van der Waals surface area contributed by atoms with E-state index in [1.165, 1.54) is 12.8 Å². The highest BCUT2D eigenvalue weighted by Gasteiger charge is 2.42. The van der Waals surface area contributed by atoms with E-state index < -0.39 is 0 Å². The first-order valence-corrected chi connectivity index (χ1v) is 6.29. The number of amides is 1. The molecule has 0 radical (unpaired) electrons. The second kappa shape index (κ2) is 4.72. The molecular weight excluding hydrogens is 204 g/mol. The molecule has 0 aromatic rings. The molecule has 0 aromatic heterocycles. The van der Waals surface area contributed by atoms with Crippen LogP contribution in [0.15, 0.2) is 0 Å². The van der Waals surface area contributed by atoms with Crippen LogP contribution >= 0.6 is 0 Å². The highest BCUT2D eigenvalue weighted by molar-refractivity contribution is 5.81. The largest absolute Gasteiger partial charge is 0.368 e. The minimum Gasteiger partial charge on any atom is -0.368 e. The van der Waals surface area contributed by atoms with Gasteiger partial charge in [-0.3, -0.25) is 4.79 Å². The number of carbonyl (C=O) groups is 1. The predicted molar refractivity (Wildman–Crippen MR) is 61.9 cm³/mol. The monoisotopic (exact) mass is 226 g/mol. The maximum absolute atomic E-state index is 12.0. The normalized spacial score (nSPS) is 29.5. The number of nitrogens with one attached hydrogen (secondary N) is 1. The molecule has 4 heteroatoms. The van der Waals surface area contributed by atoms with Gasteiger partial charge in [0.15, 0.2) is 0 Å². The van der Waals surface area contributed by atoms with E-state index in [-0.39, 0.29) is 17.6 Å². The SMILES string of the molecule is CC(CN)(NC(=O)C1CCCCO1)C1CC1. The zero-order valence-electron chi connectivity index (χ0n) is 10.00. The van der Waals surface area contributed by atoms with Crippen molar-refractivity contribution in [2.24, 2.45) is 11.7 Å². The Labute approximate surface area is 96.9 Å². The van der Waals surface area contributed by atoms with Crippen molar-refractivity contribution < 1.29 is 9.53 Å². The Morgan fingerprint density at radius 3 is 2.69 bits per heavy atom. The molecule has 2 fully saturated rings. The van der Waals surface area contributed by atoms with E-state index in [9.17, 15) is 4.79 Å². The number of carbonyl (C=O) groups excluding carboxylic acids is 1. The van der Waals surface area contributed by atoms with Gasteiger partial charge in [-0.1, -0.05) is 0 Å². The van der Waals surface area contributed by atoms with E-state index in [2.05, 4.69) is 5.32 Å². The minimum atomic E-state index is -0.252. The summed E-state index contributed by atoms with van der Waals surface area (Å²) in [6.45, 7) is 3.27. The molecule has 2 aliphatic rings. The lowest BCUT2D eigenvalue weighted by Gasteiger charge is -2.32. The van der Waals surface area contributed by atoms with Gasteiger partial charge in [-0.15, -0.1) is 0 Å². The lowest BCUT2D eigenvalue weighted by Crippen LogP contribution is -2.56. The van der Waals surface area contributed by atoms with Crippen molar-refractivity contribution in [3.63, 3.8) is 0 Å². The summed E-state index contributed by atoms with van der Waals surface area (Å²) in [4.78, 5) is 12.0. The summed E-state index contributed by atoms with van der Waals surface area (Å²) < 4.78 is 5.48. The molecule has 2 rings (SSSR count). The van der Waals surface area contributed by atoms with Crippen LogP contribution in [0.5, 0.6) is 0 Å². The Morgan fingerprint density at radius 1 is 1.44 bits per heavy atom. The second-order valence-corrected chi connectivity index (χ2v) is 5.24. The first-order chi connectivity index (χ1) is 7.65. The van der Waals surface area contributed by atoms with Gasteiger partial charge >= 0.3 is 0 Å². The summed E-state index contributed by atoms with van der Waals surface area (Å²) in [5.74, 6) is 0.588. The second-order valence-electron chi connectivity index (χ2n) is 5.24. The van der Waals surface area contributed by atoms with Crippen LogP contribution in [-0.2, 0) is 9.53 Å². The molecule has 0 aromatic carbocycles. The van der Waals surface area contributed by atoms with Crippen molar-refractivity contribution in [2.45, 2.75) is 50.7 Å². The van der Waals surface area contributed by atoms with Crippen LogP contribution in [0, 0.1) is 5.92 Å². The fourth-order valence-electron chi connectivity index (χ4n) is 2.35. The van der Waals surface area contributed by atoms with Gasteiger partial charge in [-0.05, 0) is 44.9 Å². The fourth-order valence-corrected chi connectivity index (χ4v) is 2.35. The van der Waals surface area contributed by atoms with Crippen molar-refractivity contribution in [3.05, 3.63) is 0 Å². The standard InChI is InChI=1S/C12H22N2O2/c1-12(8-13,9-5-6-9)14-11(15)10-4-2-3-7-16-10/h9-10H,2-8,13H2,1H3,(H,14,15). The lowest BCUT2D eigenvalue weighted by atomic mass is 9.95. The number of hydrogen-bond donors (Lipinski definition) is 2. The van der Waals surface area contributed by atoms with Crippen LogP contribution in [-0.4, -0.2) is 30.7 Å². The minimum absolute atomic E-state index is 0.0274. The maximum Gasteiger partial charge on any atom is 0.249 e. The maximum atomic E-state index is 12.0. The Bertz CT molecular complexity index is 260. The van der Waals surface area contributed by atoms with Crippen LogP contribution in [0.1, 0.15) is 39.0 Å². The summed E-state index contributed by atoms with van der Waals surface area (Å²) >= 11 is 0. The zero-order valence-corrected chi connectivity index (χ0v) is 10.00. The summed E-state index contributed by atoms with van der Waals surface area (Å²) in [5.41, 5.74) is 5.55. The predicted octanol–water partition coefficient (Wildman–Crippen LogP) is 0.799. The molecule has 0 bridgehead atoms. The van der Waals surface area contributed by atoms with Crippen molar-refractivity contribution >= 4 is 5.91 Å². The highest BCUT2D eigenvalue weighted by atomic mass is 16.5. The van der Waals surface area contributed by atoms with Crippen molar-refractivity contribution in [1.29, 1.82) is 0 Å². The van der Waals surface area contributed by atoms with Crippen LogP contribution in [0.2, 0.25) is 0 Å². The first-order valence-electron chi connectivity index (χ1n) is 6.29. The van der Waals surface area contributed by atoms with Crippen LogP contribution < -0.4 is 11.1 Å². The molecule has 2 atom stereocenters. The molecule has 1 aliphatic carbocycles. The van der Waals surface area contributed by atoms with Gasteiger partial charge in [0.2, 0.25) is 5.91 Å². The van der Waals surface area contributed by atoms with Crippen LogP contribution in [0.3, 0.4) is 0 Å². The van der Waals surface area contributed by atoms with Crippen LogP contribution in [0.4, 0.5) is 0 Å². The molecule has 16 heavy (non-hydrogen) atoms. The van der Waals surface area contributed by atoms with E-state index in [1.54, 1.807) is 0 Å². The molecule has 1 saturated carbocycles. The third-order valence-electron chi connectivity index (χ3n) is 3.78. The highest BCUT2D eigenvalue weighted by Crippen LogP contribution is 2.39. The number of ether oxygens (including phenoxy) is 1. The third-order valence-corrected chi connectivity index (χ3v) is 3.78. The summed E-state index contributed by atoms with van der Waals surface area (Å²) in [6, 6.07) is 0. The lowest BCUT2D eigenvalue weighted by molar-refractivity contribution is -0.137. The smallest absolute Gasteiger partial charge is 0.249 e. The average molecular weight is 226 g/mol. The Balaban J connectivity index is 1.89. The molecule has 0 spiro atoms. The zero-order chi connectivity index (χ0) is 11.6. The van der Waals surface area contributed by atoms with E-state index in [0.29, 0.717) is 19.1 Å². The summed E-state index contributed by atoms with van der Waals surface area (Å²) in [7, 11) is 0. The van der Waals surface area contributed by atoms with E-state index in [4.69, 9.17) is 10.5 Å². The van der Waals surface area contributed by atoms with Gasteiger partial charge < -0.3 is 15.8 Å². The summed E-state index contributed by atoms with van der Waals surface area (Å²) in [5, 5.41) is 3.09. The molecule has 4 nitrogen and oxygen atoms in total.